The first-order chi connectivity index (χ1) is 10.4. The molecule has 116 valence electrons. The third kappa shape index (κ3) is 4.17. The molecule has 0 aliphatic rings. The Labute approximate surface area is 132 Å². The highest BCUT2D eigenvalue weighted by atomic mass is 16.5. The number of esters is 1. The Kier molecular flexibility index (Phi) is 4.96. The molecule has 2 rings (SSSR count). The summed E-state index contributed by atoms with van der Waals surface area (Å²) in [5, 5.41) is 0. The van der Waals surface area contributed by atoms with Crippen LogP contribution in [0.4, 0.5) is 0 Å². The summed E-state index contributed by atoms with van der Waals surface area (Å²) >= 11 is 0. The van der Waals surface area contributed by atoms with Crippen LogP contribution in [0.1, 0.15) is 50.4 Å². The maximum absolute atomic E-state index is 12.1. The molecule has 0 bridgehead atoms. The highest BCUT2D eigenvalue weighted by molar-refractivity contribution is 5.77. The zero-order valence-corrected chi connectivity index (χ0v) is 13.7. The van der Waals surface area contributed by atoms with Gasteiger partial charge in [0.25, 0.3) is 0 Å². The highest BCUT2D eigenvalue weighted by Gasteiger charge is 2.19. The smallest absolute Gasteiger partial charge is 0.313 e. The molecule has 0 fully saturated rings. The molecule has 0 aliphatic carbocycles. The van der Waals surface area contributed by atoms with Crippen molar-refractivity contribution in [2.75, 3.05) is 0 Å². The van der Waals surface area contributed by atoms with E-state index in [0.717, 1.165) is 11.3 Å². The Morgan fingerprint density at radius 3 is 2.36 bits per heavy atom. The van der Waals surface area contributed by atoms with E-state index in [4.69, 9.17) is 4.74 Å². The van der Waals surface area contributed by atoms with E-state index in [9.17, 15) is 4.79 Å². The minimum atomic E-state index is -0.280. The maximum Gasteiger partial charge on any atom is 0.313 e. The van der Waals surface area contributed by atoms with Gasteiger partial charge in [-0.15, -0.1) is 0 Å². The standard InChI is InChI=1S/C19H23NO2/c1-14(15-8-10-16(11-9-15)19(2,3)4)18(21)22-13-17-7-5-6-12-20-17/h5-12,14H,13H2,1-4H3. The number of carbonyl (C=O) groups is 1. The van der Waals surface area contributed by atoms with Gasteiger partial charge >= 0.3 is 5.97 Å². The van der Waals surface area contributed by atoms with Gasteiger partial charge in [-0.05, 0) is 35.6 Å². The second-order valence-corrected chi connectivity index (χ2v) is 6.52. The lowest BCUT2D eigenvalue weighted by molar-refractivity contribution is -0.146. The van der Waals surface area contributed by atoms with Gasteiger partial charge in [0.2, 0.25) is 0 Å². The van der Waals surface area contributed by atoms with E-state index in [-0.39, 0.29) is 23.9 Å². The van der Waals surface area contributed by atoms with Crippen LogP contribution in [-0.2, 0) is 21.6 Å². The van der Waals surface area contributed by atoms with Crippen LogP contribution < -0.4 is 0 Å². The van der Waals surface area contributed by atoms with Gasteiger partial charge < -0.3 is 4.74 Å². The Bertz CT molecular complexity index is 612. The number of ether oxygens (including phenoxy) is 1. The summed E-state index contributed by atoms with van der Waals surface area (Å²) in [4.78, 5) is 16.3. The molecule has 1 aromatic carbocycles. The minimum Gasteiger partial charge on any atom is -0.459 e. The Balaban J connectivity index is 1.98. The van der Waals surface area contributed by atoms with Crippen molar-refractivity contribution in [1.29, 1.82) is 0 Å². The monoisotopic (exact) mass is 297 g/mol. The van der Waals surface area contributed by atoms with E-state index in [1.807, 2.05) is 37.3 Å². The summed E-state index contributed by atoms with van der Waals surface area (Å²) in [5.74, 6) is -0.508. The van der Waals surface area contributed by atoms with Gasteiger partial charge in [0, 0.05) is 6.20 Å². The summed E-state index contributed by atoms with van der Waals surface area (Å²) < 4.78 is 5.34. The fourth-order valence-electron chi connectivity index (χ4n) is 2.16. The van der Waals surface area contributed by atoms with Crippen molar-refractivity contribution in [2.24, 2.45) is 0 Å². The quantitative estimate of drug-likeness (QED) is 0.793. The van der Waals surface area contributed by atoms with E-state index in [1.165, 1.54) is 5.56 Å². The van der Waals surface area contributed by atoms with E-state index < -0.39 is 0 Å². The Hall–Kier alpha value is -2.16. The van der Waals surface area contributed by atoms with Crippen molar-refractivity contribution >= 4 is 5.97 Å². The van der Waals surface area contributed by atoms with Crippen LogP contribution in [0.3, 0.4) is 0 Å². The molecule has 0 amide bonds. The molecule has 0 radical (unpaired) electrons. The van der Waals surface area contributed by atoms with Crippen LogP contribution in [0.5, 0.6) is 0 Å². The number of rotatable bonds is 4. The number of hydrogen-bond donors (Lipinski definition) is 0. The SMILES string of the molecule is CC(C(=O)OCc1ccccn1)c1ccc(C(C)(C)C)cc1. The van der Waals surface area contributed by atoms with Crippen molar-refractivity contribution in [1.82, 2.24) is 4.98 Å². The van der Waals surface area contributed by atoms with Gasteiger partial charge in [-0.1, -0.05) is 51.1 Å². The van der Waals surface area contributed by atoms with Crippen molar-refractivity contribution in [3.63, 3.8) is 0 Å². The summed E-state index contributed by atoms with van der Waals surface area (Å²) in [6, 6.07) is 13.7. The minimum absolute atomic E-state index is 0.112. The second kappa shape index (κ2) is 6.73. The van der Waals surface area contributed by atoms with Gasteiger partial charge in [0.15, 0.2) is 0 Å². The lowest BCUT2D eigenvalue weighted by Crippen LogP contribution is -2.15. The summed E-state index contributed by atoms with van der Waals surface area (Å²) in [5.41, 5.74) is 3.09. The van der Waals surface area contributed by atoms with Gasteiger partial charge in [0.05, 0.1) is 11.6 Å². The number of nitrogens with zero attached hydrogens (tertiary/aromatic N) is 1. The summed E-state index contributed by atoms with van der Waals surface area (Å²) in [6.45, 7) is 8.60. The number of hydrogen-bond acceptors (Lipinski definition) is 3. The topological polar surface area (TPSA) is 39.2 Å². The molecule has 0 N–H and O–H groups in total. The first-order valence-corrected chi connectivity index (χ1v) is 7.55. The summed E-state index contributed by atoms with van der Waals surface area (Å²) in [7, 11) is 0. The van der Waals surface area contributed by atoms with Crippen molar-refractivity contribution in [3.05, 3.63) is 65.5 Å². The van der Waals surface area contributed by atoms with Crippen molar-refractivity contribution in [2.45, 2.75) is 45.6 Å². The van der Waals surface area contributed by atoms with E-state index >= 15 is 0 Å². The third-order valence-corrected chi connectivity index (χ3v) is 3.72. The zero-order chi connectivity index (χ0) is 16.2. The number of aromatic nitrogens is 1. The third-order valence-electron chi connectivity index (χ3n) is 3.72. The molecule has 0 aliphatic heterocycles. The molecule has 3 heteroatoms. The van der Waals surface area contributed by atoms with Crippen LogP contribution in [-0.4, -0.2) is 11.0 Å². The predicted octanol–water partition coefficient (Wildman–Crippen LogP) is 4.23. The fraction of sp³-hybridized carbons (Fsp3) is 0.368. The largest absolute Gasteiger partial charge is 0.459 e. The van der Waals surface area contributed by atoms with Crippen molar-refractivity contribution in [3.8, 4) is 0 Å². The average molecular weight is 297 g/mol. The predicted molar refractivity (Wildman–Crippen MR) is 87.6 cm³/mol. The molecule has 1 atom stereocenters. The molecule has 3 nitrogen and oxygen atoms in total. The number of pyridine rings is 1. The lowest BCUT2D eigenvalue weighted by atomic mass is 9.86. The molecule has 1 aromatic heterocycles. The van der Waals surface area contributed by atoms with Gasteiger partial charge in [-0.2, -0.15) is 0 Å². The van der Waals surface area contributed by atoms with Crippen LogP contribution in [0.2, 0.25) is 0 Å². The second-order valence-electron chi connectivity index (χ2n) is 6.52. The van der Waals surface area contributed by atoms with E-state index in [2.05, 4.69) is 37.9 Å². The summed E-state index contributed by atoms with van der Waals surface area (Å²) in [6.07, 6.45) is 1.69. The molecule has 0 saturated carbocycles. The Morgan fingerprint density at radius 1 is 1.14 bits per heavy atom. The lowest BCUT2D eigenvalue weighted by Gasteiger charge is -2.20. The van der Waals surface area contributed by atoms with Crippen LogP contribution in [0, 0.1) is 0 Å². The molecule has 1 unspecified atom stereocenters. The molecular weight excluding hydrogens is 274 g/mol. The van der Waals surface area contributed by atoms with Gasteiger partial charge in [-0.3, -0.25) is 9.78 Å². The van der Waals surface area contributed by atoms with E-state index in [0.29, 0.717) is 0 Å². The number of carbonyl (C=O) groups excluding carboxylic acids is 1. The fourth-order valence-corrected chi connectivity index (χ4v) is 2.16. The van der Waals surface area contributed by atoms with Crippen molar-refractivity contribution < 1.29 is 9.53 Å². The molecule has 0 saturated heterocycles. The zero-order valence-electron chi connectivity index (χ0n) is 13.7. The van der Waals surface area contributed by atoms with Gasteiger partial charge in [0.1, 0.15) is 6.61 Å². The molecule has 1 heterocycles. The Morgan fingerprint density at radius 2 is 1.82 bits per heavy atom. The van der Waals surface area contributed by atoms with E-state index in [1.54, 1.807) is 6.20 Å². The normalized spacial score (nSPS) is 12.7. The molecule has 2 aromatic rings. The molecular formula is C19H23NO2. The van der Waals surface area contributed by atoms with Crippen LogP contribution in [0.25, 0.3) is 0 Å². The van der Waals surface area contributed by atoms with Crippen LogP contribution in [0.15, 0.2) is 48.7 Å². The maximum atomic E-state index is 12.1. The van der Waals surface area contributed by atoms with Gasteiger partial charge in [-0.25, -0.2) is 0 Å². The van der Waals surface area contributed by atoms with Crippen LogP contribution >= 0.6 is 0 Å². The number of benzene rings is 1. The first kappa shape index (κ1) is 16.2. The molecule has 22 heavy (non-hydrogen) atoms. The average Bonchev–Trinajstić information content (AvgIpc) is 2.52. The highest BCUT2D eigenvalue weighted by Crippen LogP contribution is 2.25. The first-order valence-electron chi connectivity index (χ1n) is 7.55. The molecule has 0 spiro atoms.